The molecule has 0 saturated heterocycles. The number of rotatable bonds is 17. The molecule has 0 aliphatic heterocycles. The van der Waals surface area contributed by atoms with Crippen LogP contribution in [0.4, 0.5) is 22.4 Å². The lowest BCUT2D eigenvalue weighted by atomic mass is 10.1. The lowest BCUT2D eigenvalue weighted by Crippen LogP contribution is -2.37. The Morgan fingerprint density at radius 3 is 2.09 bits per heavy atom. The Hall–Kier alpha value is -4.16. The minimum atomic E-state index is -4.51. The average Bonchev–Trinajstić information content (AvgIpc) is 2.99. The number of benzene rings is 3. The van der Waals surface area contributed by atoms with E-state index in [2.05, 4.69) is 0 Å². The molecule has 0 aromatic heterocycles. The van der Waals surface area contributed by atoms with E-state index < -0.39 is 29.9 Å². The Bertz CT molecular complexity index is 1300. The highest BCUT2D eigenvalue weighted by Gasteiger charge is 2.30. The molecule has 1 unspecified atom stereocenters. The third kappa shape index (κ3) is 11.8. The topological polar surface area (TPSA) is 94.5 Å². The fraction of sp³-hybridized carbons (Fsp3) is 0.375. The summed E-state index contributed by atoms with van der Waals surface area (Å²) in [5, 5.41) is 9.27. The summed E-state index contributed by atoms with van der Waals surface area (Å²) in [5.74, 6) is -0.902. The van der Waals surface area contributed by atoms with E-state index in [9.17, 15) is 32.3 Å². The van der Waals surface area contributed by atoms with Crippen LogP contribution in [0.5, 0.6) is 11.5 Å². The number of ether oxygens (including phenoxy) is 4. The van der Waals surface area contributed by atoms with Crippen LogP contribution < -0.4 is 9.47 Å². The molecule has 1 amide bonds. The van der Waals surface area contributed by atoms with Crippen LogP contribution in [0.3, 0.4) is 0 Å². The second kappa shape index (κ2) is 17.2. The van der Waals surface area contributed by atoms with Gasteiger partial charge in [0, 0.05) is 26.2 Å². The maximum absolute atomic E-state index is 13.0. The quantitative estimate of drug-likeness (QED) is 0.132. The first-order valence-electron chi connectivity index (χ1n) is 14.1. The Kier molecular flexibility index (Phi) is 13.4. The number of carboxylic acids is 1. The largest absolute Gasteiger partial charge is 0.492 e. The molecule has 1 atom stereocenters. The van der Waals surface area contributed by atoms with Crippen LogP contribution in [0, 0.1) is 5.82 Å². The highest BCUT2D eigenvalue weighted by atomic mass is 19.4. The zero-order chi connectivity index (χ0) is 32.0. The zero-order valence-electron chi connectivity index (χ0n) is 24.2. The summed E-state index contributed by atoms with van der Waals surface area (Å²) in [4.78, 5) is 25.7. The molecule has 0 radical (unpaired) electrons. The van der Waals surface area contributed by atoms with Gasteiger partial charge in [-0.1, -0.05) is 24.3 Å². The molecule has 0 aliphatic rings. The smallest absolute Gasteiger partial charge is 0.416 e. The van der Waals surface area contributed by atoms with Crippen molar-refractivity contribution in [3.63, 3.8) is 0 Å². The van der Waals surface area contributed by atoms with Crippen molar-refractivity contribution in [1.82, 2.24) is 4.90 Å². The first-order valence-corrected chi connectivity index (χ1v) is 14.1. The van der Waals surface area contributed by atoms with Crippen molar-refractivity contribution in [3.8, 4) is 11.5 Å². The van der Waals surface area contributed by atoms with Crippen molar-refractivity contribution in [1.29, 1.82) is 0 Å². The second-order valence-corrected chi connectivity index (χ2v) is 9.74. The summed E-state index contributed by atoms with van der Waals surface area (Å²) in [7, 11) is 0. The molecule has 8 nitrogen and oxygen atoms in total. The van der Waals surface area contributed by atoms with Gasteiger partial charge in [-0.15, -0.1) is 0 Å². The maximum atomic E-state index is 13.0. The van der Waals surface area contributed by atoms with Gasteiger partial charge in [-0.05, 0) is 79.4 Å². The number of aliphatic carboxylic acids is 1. The molecule has 0 bridgehead atoms. The molecule has 0 spiro atoms. The summed E-state index contributed by atoms with van der Waals surface area (Å²) in [5.41, 5.74) is 0.724. The van der Waals surface area contributed by atoms with Gasteiger partial charge in [0.15, 0.2) is 6.10 Å². The van der Waals surface area contributed by atoms with E-state index in [1.165, 1.54) is 17.0 Å². The van der Waals surface area contributed by atoms with Crippen molar-refractivity contribution in [2.75, 3.05) is 32.9 Å². The lowest BCUT2D eigenvalue weighted by molar-refractivity contribution is -0.150. The number of hydrogen-bond acceptors (Lipinski definition) is 6. The number of amides is 1. The van der Waals surface area contributed by atoms with E-state index >= 15 is 0 Å². The Labute approximate surface area is 253 Å². The van der Waals surface area contributed by atoms with Gasteiger partial charge in [0.25, 0.3) is 0 Å². The van der Waals surface area contributed by atoms with Gasteiger partial charge in [0.2, 0.25) is 0 Å². The molecular weight excluding hydrogens is 586 g/mol. The minimum Gasteiger partial charge on any atom is -0.492 e. The first-order chi connectivity index (χ1) is 21.0. The predicted octanol–water partition coefficient (Wildman–Crippen LogP) is 6.75. The van der Waals surface area contributed by atoms with E-state index in [4.69, 9.17) is 18.9 Å². The Morgan fingerprint density at radius 1 is 0.841 bits per heavy atom. The third-order valence-electron chi connectivity index (χ3n) is 6.41. The first kappa shape index (κ1) is 34.3. The maximum Gasteiger partial charge on any atom is 0.416 e. The predicted molar refractivity (Wildman–Crippen MR) is 153 cm³/mol. The van der Waals surface area contributed by atoms with Crippen LogP contribution in [0.25, 0.3) is 0 Å². The number of carbonyl (C=O) groups excluding carboxylic acids is 1. The monoisotopic (exact) mass is 621 g/mol. The van der Waals surface area contributed by atoms with Gasteiger partial charge in [-0.2, -0.15) is 13.2 Å². The highest BCUT2D eigenvalue weighted by Crippen LogP contribution is 2.30. The molecule has 3 aromatic carbocycles. The van der Waals surface area contributed by atoms with Crippen molar-refractivity contribution in [2.45, 2.75) is 45.1 Å². The standard InChI is InChI=1S/C32H35F4NO7/c1-2-42-29(30(38)39)21-23-7-13-27(14-8-23)43-20-18-37(17-3-4-19-41-22-24-5-11-26(33)12-6-24)31(40)44-28-15-9-25(10-16-28)32(34,35)36/h5-16,29H,2-4,17-22H2,1H3,(H,38,39). The number of unbranched alkanes of at least 4 members (excludes halogenated alkanes) is 1. The highest BCUT2D eigenvalue weighted by molar-refractivity contribution is 5.72. The van der Waals surface area contributed by atoms with Crippen LogP contribution in [0.1, 0.15) is 36.5 Å². The number of alkyl halides is 3. The van der Waals surface area contributed by atoms with Crippen LogP contribution in [0.2, 0.25) is 0 Å². The normalized spacial score (nSPS) is 12.0. The van der Waals surface area contributed by atoms with Crippen LogP contribution in [0.15, 0.2) is 72.8 Å². The van der Waals surface area contributed by atoms with Crippen LogP contribution in [-0.2, 0) is 33.5 Å². The molecule has 12 heteroatoms. The number of nitrogens with zero attached hydrogens (tertiary/aromatic N) is 1. The number of carboxylic acid groups (broad SMARTS) is 1. The SMILES string of the molecule is CCOC(Cc1ccc(OCCN(CCCCOCc2ccc(F)cc2)C(=O)Oc2ccc(C(F)(F)F)cc2)cc1)C(=O)O. The van der Waals surface area contributed by atoms with E-state index in [-0.39, 0.29) is 44.3 Å². The van der Waals surface area contributed by atoms with Gasteiger partial charge in [0.1, 0.15) is 23.9 Å². The number of carbonyl (C=O) groups is 2. The van der Waals surface area contributed by atoms with E-state index in [1.54, 1.807) is 43.3 Å². The lowest BCUT2D eigenvalue weighted by Gasteiger charge is -2.22. The fourth-order valence-electron chi connectivity index (χ4n) is 4.08. The molecular formula is C32H35F4NO7. The van der Waals surface area contributed by atoms with Gasteiger partial charge in [-0.3, -0.25) is 0 Å². The fourth-order valence-corrected chi connectivity index (χ4v) is 4.08. The third-order valence-corrected chi connectivity index (χ3v) is 6.41. The molecule has 1 N–H and O–H groups in total. The number of halogens is 4. The second-order valence-electron chi connectivity index (χ2n) is 9.74. The van der Waals surface area contributed by atoms with Crippen molar-refractivity contribution < 1.29 is 51.2 Å². The molecule has 238 valence electrons. The van der Waals surface area contributed by atoms with Crippen molar-refractivity contribution in [2.24, 2.45) is 0 Å². The van der Waals surface area contributed by atoms with Crippen molar-refractivity contribution >= 4 is 12.1 Å². The van der Waals surface area contributed by atoms with E-state index in [1.807, 2.05) is 0 Å². The van der Waals surface area contributed by atoms with Crippen molar-refractivity contribution in [3.05, 3.63) is 95.3 Å². The molecule has 3 aromatic rings. The van der Waals surface area contributed by atoms with Gasteiger partial charge in [-0.25, -0.2) is 14.0 Å². The summed E-state index contributed by atoms with van der Waals surface area (Å²) < 4.78 is 73.7. The number of hydrogen-bond donors (Lipinski definition) is 1. The zero-order valence-corrected chi connectivity index (χ0v) is 24.2. The summed E-state index contributed by atoms with van der Waals surface area (Å²) >= 11 is 0. The van der Waals surface area contributed by atoms with Crippen LogP contribution >= 0.6 is 0 Å². The van der Waals surface area contributed by atoms with Crippen LogP contribution in [-0.4, -0.2) is 61.1 Å². The Balaban J connectivity index is 1.53. The molecule has 0 saturated carbocycles. The molecule has 0 heterocycles. The minimum absolute atomic E-state index is 0.0288. The summed E-state index contributed by atoms with van der Waals surface area (Å²) in [6.45, 7) is 3.21. The summed E-state index contributed by atoms with van der Waals surface area (Å²) in [6, 6.07) is 16.6. The molecule has 0 fully saturated rings. The molecule has 3 rings (SSSR count). The van der Waals surface area contributed by atoms with E-state index in [0.717, 1.165) is 35.4 Å². The summed E-state index contributed by atoms with van der Waals surface area (Å²) in [6.07, 6.45) is -4.86. The van der Waals surface area contributed by atoms with Gasteiger partial charge < -0.3 is 29.0 Å². The van der Waals surface area contributed by atoms with Gasteiger partial charge in [0.05, 0.1) is 18.7 Å². The van der Waals surface area contributed by atoms with E-state index in [0.29, 0.717) is 31.8 Å². The average molecular weight is 622 g/mol. The molecule has 0 aliphatic carbocycles. The van der Waals surface area contributed by atoms with Gasteiger partial charge >= 0.3 is 18.2 Å². The Morgan fingerprint density at radius 2 is 1.48 bits per heavy atom. The molecule has 44 heavy (non-hydrogen) atoms.